The van der Waals surface area contributed by atoms with E-state index in [-0.39, 0.29) is 0 Å². The molecule has 0 radical (unpaired) electrons. The van der Waals surface area contributed by atoms with Gasteiger partial charge in [0, 0.05) is 46.0 Å². The highest BCUT2D eigenvalue weighted by molar-refractivity contribution is 6.31. The van der Waals surface area contributed by atoms with Crippen LogP contribution in [0.2, 0.25) is 10.0 Å². The molecule has 0 atom stereocenters. The fourth-order valence-corrected chi connectivity index (χ4v) is 3.22. The fourth-order valence-electron chi connectivity index (χ4n) is 2.97. The summed E-state index contributed by atoms with van der Waals surface area (Å²) in [6.07, 6.45) is 4.36. The van der Waals surface area contributed by atoms with E-state index in [0.29, 0.717) is 22.4 Å². The maximum Gasteiger partial charge on any atom is 0.145 e. The molecule has 0 unspecified atom stereocenters. The molecule has 6 heteroatoms. The molecule has 2 heterocycles. The molecule has 0 saturated heterocycles. The molecule has 0 aliphatic carbocycles. The molecular formula is C23H18Cl2N4. The zero-order valence-electron chi connectivity index (χ0n) is 15.5. The van der Waals surface area contributed by atoms with E-state index in [9.17, 15) is 0 Å². The molecule has 2 aromatic carbocycles. The van der Waals surface area contributed by atoms with Gasteiger partial charge in [0.2, 0.25) is 0 Å². The highest BCUT2D eigenvalue weighted by Gasteiger charge is 2.12. The number of halogens is 2. The van der Waals surface area contributed by atoms with Crippen LogP contribution in [0.3, 0.4) is 0 Å². The standard InChI is InChI=1S/C23H18Cl2N4/c24-18-8-4-16(5-9-18)22-23(17-6-10-19(25)11-7-17)29-21(15-28-22)27-14-12-20-3-1-2-13-26-20/h1-11,13,15H,12,14H2,(H,27,29). The second kappa shape index (κ2) is 9.03. The van der Waals surface area contributed by atoms with Crippen molar-refractivity contribution in [3.8, 4) is 22.5 Å². The van der Waals surface area contributed by atoms with Crippen LogP contribution in [0.1, 0.15) is 5.69 Å². The van der Waals surface area contributed by atoms with Crippen LogP contribution >= 0.6 is 23.2 Å². The van der Waals surface area contributed by atoms with Crippen molar-refractivity contribution in [2.24, 2.45) is 0 Å². The molecule has 0 amide bonds. The number of rotatable bonds is 6. The number of benzene rings is 2. The molecule has 144 valence electrons. The maximum atomic E-state index is 6.06. The quantitative estimate of drug-likeness (QED) is 0.405. The predicted octanol–water partition coefficient (Wildman–Crippen LogP) is 6.17. The molecule has 4 nitrogen and oxygen atoms in total. The summed E-state index contributed by atoms with van der Waals surface area (Å²) in [4.78, 5) is 13.9. The zero-order chi connectivity index (χ0) is 20.1. The highest BCUT2D eigenvalue weighted by atomic mass is 35.5. The van der Waals surface area contributed by atoms with Gasteiger partial charge >= 0.3 is 0 Å². The van der Waals surface area contributed by atoms with Gasteiger partial charge in [-0.25, -0.2) is 4.98 Å². The molecule has 0 aliphatic rings. The SMILES string of the molecule is Clc1ccc(-c2ncc(NCCc3ccccn3)nc2-c2ccc(Cl)cc2)cc1. The lowest BCUT2D eigenvalue weighted by atomic mass is 10.0. The Morgan fingerprint density at radius 2 is 1.38 bits per heavy atom. The van der Waals surface area contributed by atoms with Crippen LogP contribution in [0.5, 0.6) is 0 Å². The average molecular weight is 421 g/mol. The maximum absolute atomic E-state index is 6.06. The van der Waals surface area contributed by atoms with Crippen molar-refractivity contribution >= 4 is 29.0 Å². The Labute approximate surface area is 179 Å². The molecule has 0 saturated carbocycles. The molecule has 0 fully saturated rings. The molecule has 29 heavy (non-hydrogen) atoms. The Kier molecular flexibility index (Phi) is 6.03. The second-order valence-corrected chi connectivity index (χ2v) is 7.34. The minimum atomic E-state index is 0.680. The van der Waals surface area contributed by atoms with Gasteiger partial charge in [-0.05, 0) is 36.4 Å². The van der Waals surface area contributed by atoms with Crippen molar-refractivity contribution in [1.29, 1.82) is 0 Å². The van der Waals surface area contributed by atoms with Gasteiger partial charge < -0.3 is 5.32 Å². The molecule has 0 bridgehead atoms. The van der Waals surface area contributed by atoms with Gasteiger partial charge in [-0.15, -0.1) is 0 Å². The van der Waals surface area contributed by atoms with E-state index in [1.165, 1.54) is 0 Å². The summed E-state index contributed by atoms with van der Waals surface area (Å²) in [5.74, 6) is 0.712. The van der Waals surface area contributed by atoms with Crippen LogP contribution in [0, 0.1) is 0 Å². The normalized spacial score (nSPS) is 10.7. The average Bonchev–Trinajstić information content (AvgIpc) is 2.76. The van der Waals surface area contributed by atoms with E-state index in [1.54, 1.807) is 12.4 Å². The van der Waals surface area contributed by atoms with Crippen molar-refractivity contribution in [1.82, 2.24) is 15.0 Å². The van der Waals surface area contributed by atoms with E-state index in [2.05, 4.69) is 15.3 Å². The molecule has 1 N–H and O–H groups in total. The summed E-state index contributed by atoms with van der Waals surface area (Å²) in [6.45, 7) is 0.714. The number of anilines is 1. The third kappa shape index (κ3) is 4.91. The number of nitrogens with one attached hydrogen (secondary N) is 1. The Morgan fingerprint density at radius 3 is 2.00 bits per heavy atom. The monoisotopic (exact) mass is 420 g/mol. The summed E-state index contributed by atoms with van der Waals surface area (Å²) in [5, 5.41) is 4.70. The summed E-state index contributed by atoms with van der Waals surface area (Å²) in [7, 11) is 0. The van der Waals surface area contributed by atoms with Crippen LogP contribution in [-0.2, 0) is 6.42 Å². The first-order chi connectivity index (χ1) is 14.2. The first-order valence-corrected chi connectivity index (χ1v) is 9.97. The largest absolute Gasteiger partial charge is 0.368 e. The van der Waals surface area contributed by atoms with Gasteiger partial charge in [0.05, 0.1) is 17.6 Å². The Bertz CT molecular complexity index is 1080. The zero-order valence-corrected chi connectivity index (χ0v) is 17.0. The molecule has 4 rings (SSSR count). The molecule has 4 aromatic rings. The number of hydrogen-bond donors (Lipinski definition) is 1. The fraction of sp³-hybridized carbons (Fsp3) is 0.0870. The molecule has 0 aliphatic heterocycles. The van der Waals surface area contributed by atoms with Gasteiger partial charge in [0.1, 0.15) is 5.82 Å². The number of nitrogens with zero attached hydrogens (tertiary/aromatic N) is 3. The Morgan fingerprint density at radius 1 is 0.724 bits per heavy atom. The molecule has 2 aromatic heterocycles. The summed E-state index contributed by atoms with van der Waals surface area (Å²) >= 11 is 12.1. The van der Waals surface area contributed by atoms with Gasteiger partial charge in [0.25, 0.3) is 0 Å². The first kappa shape index (κ1) is 19.4. The second-order valence-electron chi connectivity index (χ2n) is 6.46. The van der Waals surface area contributed by atoms with Crippen LogP contribution in [-0.4, -0.2) is 21.5 Å². The van der Waals surface area contributed by atoms with Crippen LogP contribution in [0.15, 0.2) is 79.1 Å². The van der Waals surface area contributed by atoms with Gasteiger partial charge in [-0.2, -0.15) is 0 Å². The van der Waals surface area contributed by atoms with E-state index >= 15 is 0 Å². The molecule has 0 spiro atoms. The minimum Gasteiger partial charge on any atom is -0.368 e. The van der Waals surface area contributed by atoms with Crippen molar-refractivity contribution in [2.75, 3.05) is 11.9 Å². The van der Waals surface area contributed by atoms with Crippen molar-refractivity contribution in [3.63, 3.8) is 0 Å². The minimum absolute atomic E-state index is 0.680. The summed E-state index contributed by atoms with van der Waals surface area (Å²) in [5.41, 5.74) is 4.50. The lowest BCUT2D eigenvalue weighted by Gasteiger charge is -2.12. The van der Waals surface area contributed by atoms with E-state index < -0.39 is 0 Å². The summed E-state index contributed by atoms with van der Waals surface area (Å²) < 4.78 is 0. The van der Waals surface area contributed by atoms with E-state index in [1.807, 2.05) is 66.7 Å². The van der Waals surface area contributed by atoms with E-state index in [0.717, 1.165) is 34.6 Å². The van der Waals surface area contributed by atoms with Crippen LogP contribution < -0.4 is 5.32 Å². The van der Waals surface area contributed by atoms with Crippen molar-refractivity contribution in [2.45, 2.75) is 6.42 Å². The Balaban J connectivity index is 1.63. The third-order valence-electron chi connectivity index (χ3n) is 4.42. The van der Waals surface area contributed by atoms with Gasteiger partial charge in [-0.3, -0.25) is 9.97 Å². The van der Waals surface area contributed by atoms with Crippen molar-refractivity contribution < 1.29 is 0 Å². The van der Waals surface area contributed by atoms with Gasteiger partial charge in [-0.1, -0.05) is 53.5 Å². The lowest BCUT2D eigenvalue weighted by molar-refractivity contribution is 0.951. The number of hydrogen-bond acceptors (Lipinski definition) is 4. The smallest absolute Gasteiger partial charge is 0.145 e. The molecular weight excluding hydrogens is 403 g/mol. The Hall–Kier alpha value is -2.95. The van der Waals surface area contributed by atoms with Gasteiger partial charge in [0.15, 0.2) is 0 Å². The highest BCUT2D eigenvalue weighted by Crippen LogP contribution is 2.31. The summed E-state index contributed by atoms with van der Waals surface area (Å²) in [6, 6.07) is 21.1. The van der Waals surface area contributed by atoms with Crippen LogP contribution in [0.4, 0.5) is 5.82 Å². The van der Waals surface area contributed by atoms with Crippen LogP contribution in [0.25, 0.3) is 22.5 Å². The van der Waals surface area contributed by atoms with E-state index in [4.69, 9.17) is 28.2 Å². The van der Waals surface area contributed by atoms with Crippen molar-refractivity contribution in [3.05, 3.63) is 94.9 Å². The lowest BCUT2D eigenvalue weighted by Crippen LogP contribution is -2.08. The number of aromatic nitrogens is 3. The first-order valence-electron chi connectivity index (χ1n) is 9.22. The predicted molar refractivity (Wildman–Crippen MR) is 119 cm³/mol. The third-order valence-corrected chi connectivity index (χ3v) is 4.93. The topological polar surface area (TPSA) is 50.7 Å². The number of pyridine rings is 1.